The first-order valence-corrected chi connectivity index (χ1v) is 6.22. The van der Waals surface area contributed by atoms with Crippen LogP contribution in [0.15, 0.2) is 12.4 Å². The summed E-state index contributed by atoms with van der Waals surface area (Å²) in [6.45, 7) is -0.470. The molecule has 3 atom stereocenters. The fraction of sp³-hybridized carbons (Fsp3) is 0.417. The molecule has 0 saturated carbocycles. The number of ketones is 1. The van der Waals surface area contributed by atoms with Crippen LogP contribution in [-0.4, -0.2) is 56.5 Å². The van der Waals surface area contributed by atoms with Crippen molar-refractivity contribution >= 4 is 22.6 Å². The fourth-order valence-corrected chi connectivity index (χ4v) is 2.38. The first-order chi connectivity index (χ1) is 10.1. The average Bonchev–Trinajstić information content (AvgIpc) is 2.99. The van der Waals surface area contributed by atoms with E-state index < -0.39 is 30.8 Å². The molecule has 4 N–H and O–H groups in total. The van der Waals surface area contributed by atoms with Gasteiger partial charge >= 0.3 is 0 Å². The molecule has 1 aliphatic rings. The topological polar surface area (TPSA) is 133 Å². The number of carbonyl (C=O) groups is 1. The number of fused-ring (bicyclic) bond motifs is 1. The van der Waals surface area contributed by atoms with Crippen molar-refractivity contribution in [1.82, 2.24) is 14.5 Å². The number of hydrogen-bond acceptors (Lipinski definition) is 8. The van der Waals surface area contributed by atoms with Crippen LogP contribution in [0.4, 0.5) is 5.82 Å². The maximum Gasteiger partial charge on any atom is 0.213 e. The zero-order chi connectivity index (χ0) is 15.1. The van der Waals surface area contributed by atoms with Crippen molar-refractivity contribution in [3.63, 3.8) is 0 Å². The summed E-state index contributed by atoms with van der Waals surface area (Å²) in [5.74, 6) is -0.0508. The highest BCUT2D eigenvalue weighted by Crippen LogP contribution is 2.35. The molecule has 21 heavy (non-hydrogen) atoms. The SMILES string of the molecule is COc1cc2c(N)ncnc2n1[C@@H]1O[C@H](CO)[C@H](O)C1=O. The van der Waals surface area contributed by atoms with E-state index in [2.05, 4.69) is 9.97 Å². The molecular weight excluding hydrogens is 280 g/mol. The second-order valence-electron chi connectivity index (χ2n) is 4.61. The van der Waals surface area contributed by atoms with Gasteiger partial charge in [0, 0.05) is 6.07 Å². The van der Waals surface area contributed by atoms with E-state index in [9.17, 15) is 9.90 Å². The molecule has 0 amide bonds. The Labute approximate surface area is 118 Å². The lowest BCUT2D eigenvalue weighted by atomic mass is 10.1. The Hall–Kier alpha value is -2.23. The molecule has 0 bridgehead atoms. The quantitative estimate of drug-likeness (QED) is 0.645. The van der Waals surface area contributed by atoms with Crippen molar-refractivity contribution in [3.8, 4) is 5.88 Å². The van der Waals surface area contributed by atoms with Gasteiger partial charge < -0.3 is 25.4 Å². The van der Waals surface area contributed by atoms with Crippen molar-refractivity contribution in [3.05, 3.63) is 12.4 Å². The number of rotatable bonds is 3. The van der Waals surface area contributed by atoms with Crippen LogP contribution in [0.25, 0.3) is 11.0 Å². The van der Waals surface area contributed by atoms with E-state index in [0.717, 1.165) is 0 Å². The number of nitrogens with zero attached hydrogens (tertiary/aromatic N) is 3. The van der Waals surface area contributed by atoms with Crippen LogP contribution < -0.4 is 10.5 Å². The van der Waals surface area contributed by atoms with Gasteiger partial charge in [0.25, 0.3) is 0 Å². The largest absolute Gasteiger partial charge is 0.482 e. The molecule has 112 valence electrons. The lowest BCUT2D eigenvalue weighted by Crippen LogP contribution is -2.29. The Morgan fingerprint density at radius 1 is 1.52 bits per heavy atom. The Bertz CT molecular complexity index is 700. The molecule has 2 aromatic heterocycles. The smallest absolute Gasteiger partial charge is 0.213 e. The molecule has 9 heteroatoms. The zero-order valence-corrected chi connectivity index (χ0v) is 11.1. The van der Waals surface area contributed by atoms with Crippen molar-refractivity contribution in [2.45, 2.75) is 18.4 Å². The molecule has 2 aromatic rings. The number of aliphatic hydroxyl groups excluding tert-OH is 2. The van der Waals surface area contributed by atoms with Crippen molar-refractivity contribution in [1.29, 1.82) is 0 Å². The van der Waals surface area contributed by atoms with E-state index in [1.54, 1.807) is 6.07 Å². The highest BCUT2D eigenvalue weighted by atomic mass is 16.6. The Morgan fingerprint density at radius 2 is 2.29 bits per heavy atom. The van der Waals surface area contributed by atoms with Gasteiger partial charge in [0.05, 0.1) is 19.1 Å². The van der Waals surface area contributed by atoms with Gasteiger partial charge in [-0.1, -0.05) is 0 Å². The predicted molar refractivity (Wildman–Crippen MR) is 70.5 cm³/mol. The number of Topliss-reactive ketones (excluding diaryl/α,β-unsaturated/α-hetero) is 1. The number of methoxy groups -OCH3 is 1. The van der Waals surface area contributed by atoms with Gasteiger partial charge in [0.1, 0.15) is 24.4 Å². The first kappa shape index (κ1) is 13.7. The summed E-state index contributed by atoms with van der Waals surface area (Å²) in [7, 11) is 1.42. The van der Waals surface area contributed by atoms with E-state index in [-0.39, 0.29) is 5.82 Å². The summed E-state index contributed by atoms with van der Waals surface area (Å²) < 4.78 is 12.0. The first-order valence-electron chi connectivity index (χ1n) is 6.22. The van der Waals surface area contributed by atoms with E-state index in [1.165, 1.54) is 18.0 Å². The standard InChI is InChI=1S/C12H14N4O5/c1-20-7-2-5-10(13)14-4-15-11(5)16(7)12-9(19)8(18)6(3-17)21-12/h2,4,6,8,12,17-18H,3H2,1H3,(H2,13,14,15)/t6-,8+,12-/m1/s1. The fourth-order valence-electron chi connectivity index (χ4n) is 2.38. The number of aliphatic hydroxyl groups is 2. The van der Waals surface area contributed by atoms with Crippen molar-refractivity contribution in [2.75, 3.05) is 19.5 Å². The number of nitrogen functional groups attached to an aromatic ring is 1. The maximum absolute atomic E-state index is 12.1. The monoisotopic (exact) mass is 294 g/mol. The van der Waals surface area contributed by atoms with Crippen LogP contribution in [0.5, 0.6) is 5.88 Å². The average molecular weight is 294 g/mol. The van der Waals surface area contributed by atoms with Crippen LogP contribution in [0, 0.1) is 0 Å². The minimum atomic E-state index is -1.40. The van der Waals surface area contributed by atoms with Crippen LogP contribution in [0.2, 0.25) is 0 Å². The van der Waals surface area contributed by atoms with Crippen LogP contribution in [0.3, 0.4) is 0 Å². The number of hydrogen-bond donors (Lipinski definition) is 3. The molecule has 9 nitrogen and oxygen atoms in total. The molecule has 3 rings (SSSR count). The number of carbonyl (C=O) groups excluding carboxylic acids is 1. The Balaban J connectivity index is 2.16. The van der Waals surface area contributed by atoms with E-state index in [1.807, 2.05) is 0 Å². The van der Waals surface area contributed by atoms with Gasteiger partial charge in [0.15, 0.2) is 11.5 Å². The van der Waals surface area contributed by atoms with Gasteiger partial charge in [-0.3, -0.25) is 9.36 Å². The number of nitrogens with two attached hydrogens (primary N) is 1. The third kappa shape index (κ3) is 1.94. The summed E-state index contributed by atoms with van der Waals surface area (Å²) in [6, 6.07) is 1.58. The van der Waals surface area contributed by atoms with Gasteiger partial charge in [-0.05, 0) is 0 Å². The van der Waals surface area contributed by atoms with Crippen molar-refractivity contribution < 1.29 is 24.5 Å². The number of ether oxygens (including phenoxy) is 2. The van der Waals surface area contributed by atoms with Gasteiger partial charge in [-0.15, -0.1) is 0 Å². The Kier molecular flexibility index (Phi) is 3.24. The maximum atomic E-state index is 12.1. The number of aromatic nitrogens is 3. The van der Waals surface area contributed by atoms with E-state index in [4.69, 9.17) is 20.3 Å². The second kappa shape index (κ2) is 4.95. The third-order valence-corrected chi connectivity index (χ3v) is 3.44. The zero-order valence-electron chi connectivity index (χ0n) is 11.1. The summed E-state index contributed by atoms with van der Waals surface area (Å²) in [5.41, 5.74) is 6.12. The van der Waals surface area contributed by atoms with E-state index >= 15 is 0 Å². The molecule has 3 heterocycles. The molecule has 1 saturated heterocycles. The molecule has 0 aliphatic carbocycles. The van der Waals surface area contributed by atoms with Gasteiger partial charge in [-0.25, -0.2) is 9.97 Å². The minimum Gasteiger partial charge on any atom is -0.482 e. The summed E-state index contributed by atoms with van der Waals surface area (Å²) in [5, 5.41) is 19.4. The predicted octanol–water partition coefficient (Wildman–Crippen LogP) is -1.16. The molecule has 1 fully saturated rings. The van der Waals surface area contributed by atoms with Crippen LogP contribution in [0.1, 0.15) is 6.23 Å². The summed E-state index contributed by atoms with van der Waals surface area (Å²) >= 11 is 0. The third-order valence-electron chi connectivity index (χ3n) is 3.44. The Morgan fingerprint density at radius 3 is 2.90 bits per heavy atom. The highest BCUT2D eigenvalue weighted by molar-refractivity contribution is 5.93. The minimum absolute atomic E-state index is 0.238. The van der Waals surface area contributed by atoms with E-state index in [0.29, 0.717) is 16.9 Å². The normalized spacial score (nSPS) is 25.7. The highest BCUT2D eigenvalue weighted by Gasteiger charge is 2.44. The number of anilines is 1. The molecule has 0 radical (unpaired) electrons. The van der Waals surface area contributed by atoms with Crippen molar-refractivity contribution in [2.24, 2.45) is 0 Å². The second-order valence-corrected chi connectivity index (χ2v) is 4.61. The van der Waals surface area contributed by atoms with Gasteiger partial charge in [0.2, 0.25) is 12.0 Å². The summed E-state index contributed by atoms with van der Waals surface area (Å²) in [4.78, 5) is 20.1. The molecule has 0 unspecified atom stereocenters. The molecule has 1 aliphatic heterocycles. The van der Waals surface area contributed by atoms with Gasteiger partial charge in [-0.2, -0.15) is 0 Å². The lowest BCUT2D eigenvalue weighted by Gasteiger charge is -2.15. The molecule has 0 aromatic carbocycles. The molecule has 0 spiro atoms. The summed E-state index contributed by atoms with van der Waals surface area (Å²) in [6.07, 6.45) is -2.27. The molecular formula is C12H14N4O5. The van der Waals surface area contributed by atoms with Crippen LogP contribution in [-0.2, 0) is 9.53 Å². The van der Waals surface area contributed by atoms with Crippen LogP contribution >= 0.6 is 0 Å². The lowest BCUT2D eigenvalue weighted by molar-refractivity contribution is -0.130.